The highest BCUT2D eigenvalue weighted by molar-refractivity contribution is 5.94. The lowest BCUT2D eigenvalue weighted by Crippen LogP contribution is -2.62. The molecule has 1 spiro atoms. The second kappa shape index (κ2) is 7.80. The third-order valence-electron chi connectivity index (χ3n) is 6.84. The van der Waals surface area contributed by atoms with Crippen LogP contribution >= 0.6 is 0 Å². The molecule has 2 aliphatic rings. The number of amides is 1. The van der Waals surface area contributed by atoms with Gasteiger partial charge in [-0.3, -0.25) is 9.78 Å². The first-order valence-electron chi connectivity index (χ1n) is 10.8. The van der Waals surface area contributed by atoms with Crippen molar-refractivity contribution in [2.75, 3.05) is 24.5 Å². The number of pyridine rings is 1. The summed E-state index contributed by atoms with van der Waals surface area (Å²) < 4.78 is 13.9. The Kier molecular flexibility index (Phi) is 4.97. The van der Waals surface area contributed by atoms with E-state index >= 15 is 0 Å². The standard InChI is InChI=1S/C26H26FN3O/c1-19-10-11-21(17-28-19)25(31)29-14-12-26(13-15-29)18-30(23-9-5-8-22(27)16-23)24(26)20-6-3-2-4-7-20/h2-11,16-17,24H,12-15,18H2,1H3. The molecule has 2 aromatic carbocycles. The van der Waals surface area contributed by atoms with Crippen LogP contribution < -0.4 is 4.90 Å². The summed E-state index contributed by atoms with van der Waals surface area (Å²) in [6, 6.07) is 21.3. The molecule has 3 aromatic rings. The molecule has 1 unspecified atom stereocenters. The maximum atomic E-state index is 13.9. The predicted octanol–water partition coefficient (Wildman–Crippen LogP) is 5.01. The van der Waals surface area contributed by atoms with Gasteiger partial charge in [-0.1, -0.05) is 36.4 Å². The van der Waals surface area contributed by atoms with Crippen LogP contribution in [0.4, 0.5) is 10.1 Å². The Hall–Kier alpha value is -3.21. The Morgan fingerprint density at radius 2 is 1.81 bits per heavy atom. The number of carbonyl (C=O) groups is 1. The molecule has 31 heavy (non-hydrogen) atoms. The highest BCUT2D eigenvalue weighted by Gasteiger charge is 2.54. The topological polar surface area (TPSA) is 36.4 Å². The van der Waals surface area contributed by atoms with Gasteiger partial charge in [0.05, 0.1) is 11.6 Å². The molecule has 0 bridgehead atoms. The average molecular weight is 416 g/mol. The normalized spacial score (nSPS) is 19.9. The second-order valence-electron chi connectivity index (χ2n) is 8.76. The third-order valence-corrected chi connectivity index (χ3v) is 6.84. The Balaban J connectivity index is 1.37. The molecule has 5 heteroatoms. The van der Waals surface area contributed by atoms with Crippen molar-refractivity contribution in [1.82, 2.24) is 9.88 Å². The van der Waals surface area contributed by atoms with Gasteiger partial charge in [-0.2, -0.15) is 0 Å². The number of carbonyl (C=O) groups excluding carboxylic acids is 1. The van der Waals surface area contributed by atoms with Gasteiger partial charge in [0, 0.05) is 42.6 Å². The lowest BCUT2D eigenvalue weighted by atomic mass is 9.63. The fourth-order valence-electron chi connectivity index (χ4n) is 5.16. The molecule has 0 radical (unpaired) electrons. The summed E-state index contributed by atoms with van der Waals surface area (Å²) in [5.41, 5.74) is 3.82. The maximum absolute atomic E-state index is 13.9. The average Bonchev–Trinajstić information content (AvgIpc) is 2.78. The fourth-order valence-corrected chi connectivity index (χ4v) is 5.16. The summed E-state index contributed by atoms with van der Waals surface area (Å²) in [6.07, 6.45) is 3.54. The minimum atomic E-state index is -0.211. The van der Waals surface area contributed by atoms with Crippen molar-refractivity contribution < 1.29 is 9.18 Å². The van der Waals surface area contributed by atoms with Gasteiger partial charge in [-0.05, 0) is 55.7 Å². The highest BCUT2D eigenvalue weighted by atomic mass is 19.1. The van der Waals surface area contributed by atoms with Gasteiger partial charge < -0.3 is 9.80 Å². The first-order chi connectivity index (χ1) is 15.1. The molecule has 2 fully saturated rings. The molecular weight excluding hydrogens is 389 g/mol. The van der Waals surface area contributed by atoms with Crippen molar-refractivity contribution in [1.29, 1.82) is 0 Å². The van der Waals surface area contributed by atoms with Gasteiger partial charge in [0.2, 0.25) is 0 Å². The minimum Gasteiger partial charge on any atom is -0.363 e. The number of aryl methyl sites for hydroxylation is 1. The molecule has 0 aliphatic carbocycles. The number of rotatable bonds is 3. The van der Waals surface area contributed by atoms with E-state index in [1.165, 1.54) is 11.6 Å². The largest absolute Gasteiger partial charge is 0.363 e. The number of benzene rings is 2. The van der Waals surface area contributed by atoms with E-state index in [9.17, 15) is 9.18 Å². The molecule has 1 amide bonds. The number of hydrogen-bond acceptors (Lipinski definition) is 3. The van der Waals surface area contributed by atoms with Crippen molar-refractivity contribution in [2.45, 2.75) is 25.8 Å². The van der Waals surface area contributed by atoms with Crippen molar-refractivity contribution in [2.24, 2.45) is 5.41 Å². The molecule has 5 rings (SSSR count). The van der Waals surface area contributed by atoms with Crippen LogP contribution in [0.15, 0.2) is 72.9 Å². The van der Waals surface area contributed by atoms with Crippen LogP contribution in [0.1, 0.15) is 40.5 Å². The molecular formula is C26H26FN3O. The molecule has 0 saturated carbocycles. The summed E-state index contributed by atoms with van der Waals surface area (Å²) in [5, 5.41) is 0. The van der Waals surface area contributed by atoms with Crippen LogP contribution in [0.2, 0.25) is 0 Å². The molecule has 2 saturated heterocycles. The van der Waals surface area contributed by atoms with Crippen LogP contribution in [-0.4, -0.2) is 35.4 Å². The van der Waals surface area contributed by atoms with Crippen molar-refractivity contribution in [3.05, 3.63) is 95.6 Å². The SMILES string of the molecule is Cc1ccc(C(=O)N2CCC3(CC2)CN(c2cccc(F)c2)C3c2ccccc2)cn1. The predicted molar refractivity (Wildman–Crippen MR) is 119 cm³/mol. The van der Waals surface area contributed by atoms with Gasteiger partial charge in [0.15, 0.2) is 0 Å². The highest BCUT2D eigenvalue weighted by Crippen LogP contribution is 2.56. The van der Waals surface area contributed by atoms with E-state index in [0.29, 0.717) is 5.56 Å². The number of piperidine rings is 1. The molecule has 158 valence electrons. The van der Waals surface area contributed by atoms with E-state index in [0.717, 1.165) is 43.9 Å². The van der Waals surface area contributed by atoms with E-state index in [4.69, 9.17) is 0 Å². The van der Waals surface area contributed by atoms with E-state index in [2.05, 4.69) is 34.1 Å². The Morgan fingerprint density at radius 1 is 1.03 bits per heavy atom. The van der Waals surface area contributed by atoms with E-state index < -0.39 is 0 Å². The van der Waals surface area contributed by atoms with E-state index in [-0.39, 0.29) is 23.2 Å². The van der Waals surface area contributed by atoms with Crippen LogP contribution in [0.25, 0.3) is 0 Å². The number of halogens is 1. The minimum absolute atomic E-state index is 0.0555. The van der Waals surface area contributed by atoms with Gasteiger partial charge in [0.1, 0.15) is 5.82 Å². The molecule has 1 atom stereocenters. The molecule has 4 nitrogen and oxygen atoms in total. The van der Waals surface area contributed by atoms with E-state index in [1.807, 2.05) is 36.1 Å². The van der Waals surface area contributed by atoms with Gasteiger partial charge >= 0.3 is 0 Å². The second-order valence-corrected chi connectivity index (χ2v) is 8.76. The Labute approximate surface area is 182 Å². The lowest BCUT2D eigenvalue weighted by molar-refractivity contribution is 0.0271. The fraction of sp³-hybridized carbons (Fsp3) is 0.308. The van der Waals surface area contributed by atoms with Gasteiger partial charge in [-0.15, -0.1) is 0 Å². The smallest absolute Gasteiger partial charge is 0.255 e. The first kappa shape index (κ1) is 19.7. The third kappa shape index (κ3) is 3.58. The van der Waals surface area contributed by atoms with Gasteiger partial charge in [-0.25, -0.2) is 4.39 Å². The summed E-state index contributed by atoms with van der Waals surface area (Å²) in [7, 11) is 0. The summed E-state index contributed by atoms with van der Waals surface area (Å²) in [4.78, 5) is 21.5. The molecule has 3 heterocycles. The van der Waals surface area contributed by atoms with Crippen molar-refractivity contribution in [3.63, 3.8) is 0 Å². The van der Waals surface area contributed by atoms with Crippen LogP contribution in [0.3, 0.4) is 0 Å². The van der Waals surface area contributed by atoms with Gasteiger partial charge in [0.25, 0.3) is 5.91 Å². The number of anilines is 1. The monoisotopic (exact) mass is 415 g/mol. The zero-order valence-electron chi connectivity index (χ0n) is 17.7. The number of nitrogens with zero attached hydrogens (tertiary/aromatic N) is 3. The van der Waals surface area contributed by atoms with Crippen molar-refractivity contribution in [3.8, 4) is 0 Å². The Morgan fingerprint density at radius 3 is 2.48 bits per heavy atom. The van der Waals surface area contributed by atoms with Crippen molar-refractivity contribution >= 4 is 11.6 Å². The zero-order valence-corrected chi connectivity index (χ0v) is 17.7. The molecule has 2 aliphatic heterocycles. The summed E-state index contributed by atoms with van der Waals surface area (Å²) in [6.45, 7) is 4.26. The maximum Gasteiger partial charge on any atom is 0.255 e. The van der Waals surface area contributed by atoms with Crippen LogP contribution in [-0.2, 0) is 0 Å². The molecule has 1 aromatic heterocycles. The zero-order chi connectivity index (χ0) is 21.4. The number of hydrogen-bond donors (Lipinski definition) is 0. The number of likely N-dealkylation sites (tertiary alicyclic amines) is 1. The Bertz CT molecular complexity index is 1080. The first-order valence-corrected chi connectivity index (χ1v) is 10.8. The quantitative estimate of drug-likeness (QED) is 0.603. The molecule has 0 N–H and O–H groups in total. The van der Waals surface area contributed by atoms with E-state index in [1.54, 1.807) is 18.3 Å². The van der Waals surface area contributed by atoms with Crippen LogP contribution in [0, 0.1) is 18.2 Å². The lowest BCUT2D eigenvalue weighted by Gasteiger charge is -2.61. The number of aromatic nitrogens is 1. The van der Waals surface area contributed by atoms with Crippen LogP contribution in [0.5, 0.6) is 0 Å². The summed E-state index contributed by atoms with van der Waals surface area (Å²) in [5.74, 6) is -0.155. The summed E-state index contributed by atoms with van der Waals surface area (Å²) >= 11 is 0.